The molecule has 0 bridgehead atoms. The average Bonchev–Trinajstić information content (AvgIpc) is 3.40. The van der Waals surface area contributed by atoms with Crippen molar-refractivity contribution in [1.82, 2.24) is 14.8 Å². The summed E-state index contributed by atoms with van der Waals surface area (Å²) >= 11 is 1.49. The Morgan fingerprint density at radius 1 is 1.11 bits per heavy atom. The zero-order chi connectivity index (χ0) is 25.2. The van der Waals surface area contributed by atoms with Crippen LogP contribution in [0.15, 0.2) is 59.6 Å². The maximum Gasteiger partial charge on any atom is 0.308 e. The molecule has 0 fully saturated rings. The molecule has 2 N–H and O–H groups in total. The number of hydrogen-bond acceptors (Lipinski definition) is 8. The number of aliphatic hydroxyl groups is 1. The number of anilines is 1. The Morgan fingerprint density at radius 3 is 2.56 bits per heavy atom. The number of nitrogens with one attached hydrogen (secondary N) is 1. The highest BCUT2D eigenvalue weighted by Crippen LogP contribution is 2.40. The summed E-state index contributed by atoms with van der Waals surface area (Å²) in [5.74, 6) is 0.915. The molecule has 9 heteroatoms. The minimum absolute atomic E-state index is 0.0513. The van der Waals surface area contributed by atoms with Crippen molar-refractivity contribution in [2.45, 2.75) is 39.5 Å². The van der Waals surface area contributed by atoms with Gasteiger partial charge in [0.05, 0.1) is 25.8 Å². The van der Waals surface area contributed by atoms with Gasteiger partial charge in [-0.05, 0) is 37.1 Å². The predicted octanol–water partition coefficient (Wildman–Crippen LogP) is 4.51. The number of thiophene rings is 1. The summed E-state index contributed by atoms with van der Waals surface area (Å²) in [7, 11) is 1.37. The fourth-order valence-corrected chi connectivity index (χ4v) is 5.62. The van der Waals surface area contributed by atoms with Gasteiger partial charge in [0, 0.05) is 28.2 Å². The Hall–Kier alpha value is -3.82. The molecule has 0 saturated carbocycles. The molecule has 0 aliphatic carbocycles. The first-order valence-electron chi connectivity index (χ1n) is 11.7. The third-order valence-electron chi connectivity index (χ3n) is 6.33. The zero-order valence-corrected chi connectivity index (χ0v) is 21.2. The molecule has 0 spiro atoms. The highest BCUT2D eigenvalue weighted by atomic mass is 32.1. The van der Waals surface area contributed by atoms with E-state index in [4.69, 9.17) is 9.73 Å². The van der Waals surface area contributed by atoms with Gasteiger partial charge in [0.2, 0.25) is 0 Å². The van der Waals surface area contributed by atoms with E-state index < -0.39 is 6.04 Å². The molecule has 0 radical (unpaired) electrons. The van der Waals surface area contributed by atoms with Crippen LogP contribution >= 0.6 is 11.3 Å². The molecule has 1 aliphatic heterocycles. The number of aryl methyl sites for hydroxylation is 1. The Bertz CT molecular complexity index is 1420. The van der Waals surface area contributed by atoms with Crippen LogP contribution < -0.4 is 5.32 Å². The summed E-state index contributed by atoms with van der Waals surface area (Å²) in [6.45, 7) is 4.53. The van der Waals surface area contributed by atoms with Crippen molar-refractivity contribution in [3.8, 4) is 5.00 Å². The number of aliphatic imine (C=N–C) groups is 1. The van der Waals surface area contributed by atoms with Crippen LogP contribution in [0.1, 0.15) is 51.2 Å². The third-order valence-corrected chi connectivity index (χ3v) is 7.59. The molecule has 2 aromatic carbocycles. The number of esters is 1. The number of hydrogen-bond donors (Lipinski definition) is 2. The lowest BCUT2D eigenvalue weighted by molar-refractivity contribution is -0.141. The number of carbonyl (C=O) groups excluding carboxylic acids is 1. The Kier molecular flexibility index (Phi) is 6.67. The summed E-state index contributed by atoms with van der Waals surface area (Å²) in [6.07, 6.45) is 0.0513. The van der Waals surface area contributed by atoms with Gasteiger partial charge in [0.15, 0.2) is 5.82 Å². The number of aromatic nitrogens is 3. The van der Waals surface area contributed by atoms with Crippen LogP contribution in [0.4, 0.5) is 5.69 Å². The topological polar surface area (TPSA) is 102 Å². The predicted molar refractivity (Wildman–Crippen MR) is 140 cm³/mol. The molecular formula is C27H27N5O3S. The highest BCUT2D eigenvalue weighted by Gasteiger charge is 2.33. The molecule has 1 atom stereocenters. The van der Waals surface area contributed by atoms with Crippen molar-refractivity contribution in [2.75, 3.05) is 12.4 Å². The largest absolute Gasteiger partial charge is 0.469 e. The maximum atomic E-state index is 12.3. The fourth-order valence-electron chi connectivity index (χ4n) is 4.40. The summed E-state index contributed by atoms with van der Waals surface area (Å²) in [5.41, 5.74) is 5.75. The van der Waals surface area contributed by atoms with E-state index in [9.17, 15) is 9.90 Å². The van der Waals surface area contributed by atoms with Crippen molar-refractivity contribution in [2.24, 2.45) is 4.99 Å². The number of methoxy groups -OCH3 is 1. The van der Waals surface area contributed by atoms with Gasteiger partial charge in [-0.25, -0.2) is 0 Å². The highest BCUT2D eigenvalue weighted by molar-refractivity contribution is 7.15. The van der Waals surface area contributed by atoms with Gasteiger partial charge in [-0.3, -0.25) is 14.4 Å². The average molecular weight is 502 g/mol. The quantitative estimate of drug-likeness (QED) is 0.362. The van der Waals surface area contributed by atoms with Crippen molar-refractivity contribution >= 4 is 28.7 Å². The van der Waals surface area contributed by atoms with E-state index >= 15 is 0 Å². The smallest absolute Gasteiger partial charge is 0.308 e. The zero-order valence-electron chi connectivity index (χ0n) is 20.4. The molecule has 4 aromatic rings. The molecular weight excluding hydrogens is 474 g/mol. The molecule has 0 unspecified atom stereocenters. The van der Waals surface area contributed by atoms with Crippen LogP contribution in [0.3, 0.4) is 0 Å². The lowest BCUT2D eigenvalue weighted by Gasteiger charge is -2.12. The van der Waals surface area contributed by atoms with Crippen molar-refractivity contribution < 1.29 is 14.6 Å². The van der Waals surface area contributed by atoms with Crippen LogP contribution in [0.2, 0.25) is 0 Å². The molecule has 1 aliphatic rings. The summed E-state index contributed by atoms with van der Waals surface area (Å²) in [5, 5.41) is 23.0. The molecule has 0 saturated heterocycles. The second-order valence-electron chi connectivity index (χ2n) is 8.62. The molecule has 5 rings (SSSR count). The van der Waals surface area contributed by atoms with Gasteiger partial charge >= 0.3 is 5.97 Å². The van der Waals surface area contributed by atoms with E-state index in [1.807, 2.05) is 60.9 Å². The Morgan fingerprint density at radius 2 is 1.86 bits per heavy atom. The minimum atomic E-state index is -0.555. The number of carbonyl (C=O) groups is 1. The second kappa shape index (κ2) is 10.0. The normalized spacial score (nSPS) is 14.4. The molecule has 36 heavy (non-hydrogen) atoms. The number of fused-ring (bicyclic) bond motifs is 3. The SMILES string of the molecule is COC(=O)C[C@@H]1N=C(c2ccc(NCc3ccccc3)cc2)c2c(sc(CO)c2C)-n2c(C)nnc21. The molecule has 3 heterocycles. The molecule has 184 valence electrons. The van der Waals surface area contributed by atoms with Crippen LogP contribution in [-0.4, -0.2) is 38.7 Å². The number of aliphatic hydroxyl groups excluding tert-OH is 1. The van der Waals surface area contributed by atoms with Crippen LogP contribution in [0.25, 0.3) is 5.00 Å². The fraction of sp³-hybridized carbons (Fsp3) is 0.259. The van der Waals surface area contributed by atoms with Gasteiger partial charge in [0.1, 0.15) is 16.9 Å². The Labute approximate surface area is 213 Å². The Balaban J connectivity index is 1.57. The van der Waals surface area contributed by atoms with E-state index in [2.05, 4.69) is 27.6 Å². The third kappa shape index (κ3) is 4.43. The monoisotopic (exact) mass is 501 g/mol. The van der Waals surface area contributed by atoms with E-state index in [0.717, 1.165) is 44.5 Å². The number of ether oxygens (including phenoxy) is 1. The standard InChI is InChI=1S/C27H27N5O3S/c1-16-22(15-33)36-27-24(16)25(29-21(13-23(34)35-3)26-31-30-17(2)32(26)27)19-9-11-20(12-10-19)28-14-18-7-5-4-6-8-18/h4-12,21,28,33H,13-15H2,1-3H3/t21-/m0/s1. The van der Waals surface area contributed by atoms with Crippen LogP contribution in [0, 0.1) is 13.8 Å². The summed E-state index contributed by atoms with van der Waals surface area (Å²) in [6, 6.07) is 17.8. The van der Waals surface area contributed by atoms with E-state index in [1.54, 1.807) is 0 Å². The van der Waals surface area contributed by atoms with Gasteiger partial charge in [-0.1, -0.05) is 42.5 Å². The summed E-state index contributed by atoms with van der Waals surface area (Å²) < 4.78 is 6.90. The molecule has 0 amide bonds. The van der Waals surface area contributed by atoms with Crippen LogP contribution in [-0.2, 0) is 22.7 Å². The number of rotatable bonds is 7. The van der Waals surface area contributed by atoms with Crippen molar-refractivity contribution in [3.63, 3.8) is 0 Å². The molecule has 2 aromatic heterocycles. The minimum Gasteiger partial charge on any atom is -0.469 e. The van der Waals surface area contributed by atoms with Gasteiger partial charge in [0.25, 0.3) is 0 Å². The number of benzene rings is 2. The lowest BCUT2D eigenvalue weighted by Crippen LogP contribution is -2.12. The first kappa shape index (κ1) is 23.9. The first-order valence-corrected chi connectivity index (χ1v) is 12.5. The first-order chi connectivity index (χ1) is 17.5. The molecule has 8 nitrogen and oxygen atoms in total. The van der Waals surface area contributed by atoms with E-state index in [-0.39, 0.29) is 19.0 Å². The van der Waals surface area contributed by atoms with E-state index in [0.29, 0.717) is 11.6 Å². The maximum absolute atomic E-state index is 12.3. The van der Waals surface area contributed by atoms with Gasteiger partial charge in [-0.15, -0.1) is 21.5 Å². The number of nitrogens with zero attached hydrogens (tertiary/aromatic N) is 4. The second-order valence-corrected chi connectivity index (χ2v) is 9.70. The van der Waals surface area contributed by atoms with Crippen LogP contribution in [0.5, 0.6) is 0 Å². The van der Waals surface area contributed by atoms with Crippen molar-refractivity contribution in [1.29, 1.82) is 0 Å². The summed E-state index contributed by atoms with van der Waals surface area (Å²) in [4.78, 5) is 18.2. The van der Waals surface area contributed by atoms with E-state index in [1.165, 1.54) is 24.0 Å². The lowest BCUT2D eigenvalue weighted by atomic mass is 9.99. The van der Waals surface area contributed by atoms with Crippen molar-refractivity contribution in [3.05, 3.63) is 93.4 Å². The van der Waals surface area contributed by atoms with Gasteiger partial charge < -0.3 is 15.2 Å². The van der Waals surface area contributed by atoms with Gasteiger partial charge in [-0.2, -0.15) is 0 Å².